The van der Waals surface area contributed by atoms with Crippen molar-refractivity contribution in [2.45, 2.75) is 18.8 Å². The van der Waals surface area contributed by atoms with Crippen molar-refractivity contribution in [1.82, 2.24) is 4.98 Å². The Morgan fingerprint density at radius 1 is 1.00 bits per heavy atom. The summed E-state index contributed by atoms with van der Waals surface area (Å²) >= 11 is 1.27. The Hall–Kier alpha value is -2.79. The van der Waals surface area contributed by atoms with Crippen LogP contribution in [0, 0.1) is 0 Å². The SMILES string of the molecule is O=C(Nc1nc2c(s1)C(=O)C[C@@H](c1ccccc1)C2)c1ccccc1. The molecule has 25 heavy (non-hydrogen) atoms. The van der Waals surface area contributed by atoms with Crippen LogP contribution in [0.1, 0.15) is 43.6 Å². The number of carbonyl (C=O) groups is 2. The van der Waals surface area contributed by atoms with Gasteiger partial charge in [-0.3, -0.25) is 14.9 Å². The van der Waals surface area contributed by atoms with Crippen LogP contribution in [-0.4, -0.2) is 16.7 Å². The zero-order valence-corrected chi connectivity index (χ0v) is 14.3. The van der Waals surface area contributed by atoms with Crippen molar-refractivity contribution in [3.8, 4) is 0 Å². The second-order valence-corrected chi connectivity index (χ2v) is 7.05. The predicted molar refractivity (Wildman–Crippen MR) is 98.3 cm³/mol. The molecule has 1 atom stereocenters. The lowest BCUT2D eigenvalue weighted by Gasteiger charge is -2.20. The van der Waals surface area contributed by atoms with E-state index in [-0.39, 0.29) is 17.6 Å². The maximum atomic E-state index is 12.5. The minimum atomic E-state index is -0.209. The number of nitrogens with zero attached hydrogens (tertiary/aromatic N) is 1. The molecule has 124 valence electrons. The van der Waals surface area contributed by atoms with Crippen LogP contribution in [0.2, 0.25) is 0 Å². The van der Waals surface area contributed by atoms with E-state index in [0.717, 1.165) is 17.7 Å². The summed E-state index contributed by atoms with van der Waals surface area (Å²) in [6, 6.07) is 19.0. The highest BCUT2D eigenvalue weighted by Crippen LogP contribution is 2.36. The van der Waals surface area contributed by atoms with Crippen LogP contribution in [0.15, 0.2) is 60.7 Å². The highest BCUT2D eigenvalue weighted by molar-refractivity contribution is 7.17. The lowest BCUT2D eigenvalue weighted by molar-refractivity contribution is 0.0967. The number of nitrogens with one attached hydrogen (secondary N) is 1. The van der Waals surface area contributed by atoms with Crippen molar-refractivity contribution in [2.75, 3.05) is 5.32 Å². The van der Waals surface area contributed by atoms with Gasteiger partial charge in [-0.1, -0.05) is 59.9 Å². The molecule has 0 aliphatic heterocycles. The summed E-state index contributed by atoms with van der Waals surface area (Å²) in [4.78, 5) is 29.9. The minimum Gasteiger partial charge on any atom is -0.298 e. The van der Waals surface area contributed by atoms with Gasteiger partial charge in [0.15, 0.2) is 10.9 Å². The van der Waals surface area contributed by atoms with Crippen LogP contribution in [0.5, 0.6) is 0 Å². The number of amides is 1. The zero-order valence-electron chi connectivity index (χ0n) is 13.4. The molecular formula is C20H16N2O2S. The van der Waals surface area contributed by atoms with Gasteiger partial charge >= 0.3 is 0 Å². The molecule has 0 saturated heterocycles. The first kappa shape index (κ1) is 15.7. The fourth-order valence-electron chi connectivity index (χ4n) is 3.10. The molecule has 4 nitrogen and oxygen atoms in total. The van der Waals surface area contributed by atoms with E-state index in [1.807, 2.05) is 48.5 Å². The molecule has 1 amide bonds. The minimum absolute atomic E-state index is 0.104. The Morgan fingerprint density at radius 3 is 2.40 bits per heavy atom. The quantitative estimate of drug-likeness (QED) is 0.767. The van der Waals surface area contributed by atoms with Gasteiger partial charge in [-0.25, -0.2) is 4.98 Å². The lowest BCUT2D eigenvalue weighted by Crippen LogP contribution is -2.17. The molecule has 0 bridgehead atoms. The molecule has 0 saturated carbocycles. The predicted octanol–water partition coefficient (Wildman–Crippen LogP) is 4.31. The molecule has 1 N–H and O–H groups in total. The standard InChI is InChI=1S/C20H16N2O2S/c23-17-12-15(13-7-3-1-4-8-13)11-16-18(17)25-20(21-16)22-19(24)14-9-5-2-6-10-14/h1-10,15H,11-12H2,(H,21,22,24)/t15-/m0/s1. The summed E-state index contributed by atoms with van der Waals surface area (Å²) < 4.78 is 0. The Bertz CT molecular complexity index is 919. The molecule has 0 unspecified atom stereocenters. The number of thiazole rings is 1. The third kappa shape index (κ3) is 3.23. The number of aromatic nitrogens is 1. The van der Waals surface area contributed by atoms with Gasteiger partial charge in [-0.15, -0.1) is 0 Å². The van der Waals surface area contributed by atoms with E-state index in [2.05, 4.69) is 10.3 Å². The Balaban J connectivity index is 1.55. The second-order valence-electron chi connectivity index (χ2n) is 6.05. The molecule has 0 fully saturated rings. The molecule has 5 heteroatoms. The first-order valence-electron chi connectivity index (χ1n) is 8.15. The molecule has 2 aromatic carbocycles. The second kappa shape index (κ2) is 6.61. The Labute approximate surface area is 149 Å². The van der Waals surface area contributed by atoms with Crippen LogP contribution in [0.3, 0.4) is 0 Å². The highest BCUT2D eigenvalue weighted by Gasteiger charge is 2.30. The summed E-state index contributed by atoms with van der Waals surface area (Å²) in [6.07, 6.45) is 1.22. The van der Waals surface area contributed by atoms with E-state index in [1.165, 1.54) is 11.3 Å². The Kier molecular flexibility index (Phi) is 4.15. The molecule has 0 spiro atoms. The normalized spacial score (nSPS) is 16.3. The van der Waals surface area contributed by atoms with Gasteiger partial charge in [0, 0.05) is 12.0 Å². The molecular weight excluding hydrogens is 332 g/mol. The number of fused-ring (bicyclic) bond motifs is 1. The van der Waals surface area contributed by atoms with Crippen LogP contribution < -0.4 is 5.32 Å². The van der Waals surface area contributed by atoms with Gasteiger partial charge in [0.1, 0.15) is 0 Å². The first-order valence-corrected chi connectivity index (χ1v) is 8.96. The monoisotopic (exact) mass is 348 g/mol. The highest BCUT2D eigenvalue weighted by atomic mass is 32.1. The molecule has 4 rings (SSSR count). The van der Waals surface area contributed by atoms with Crippen molar-refractivity contribution >= 4 is 28.2 Å². The largest absolute Gasteiger partial charge is 0.298 e. The van der Waals surface area contributed by atoms with Gasteiger partial charge in [0.2, 0.25) is 0 Å². The average molecular weight is 348 g/mol. The van der Waals surface area contributed by atoms with Crippen molar-refractivity contribution in [2.24, 2.45) is 0 Å². The van der Waals surface area contributed by atoms with E-state index < -0.39 is 0 Å². The maximum Gasteiger partial charge on any atom is 0.257 e. The van der Waals surface area contributed by atoms with Crippen molar-refractivity contribution in [3.63, 3.8) is 0 Å². The van der Waals surface area contributed by atoms with Gasteiger partial charge in [-0.2, -0.15) is 0 Å². The molecule has 1 aliphatic carbocycles. The number of rotatable bonds is 3. The number of hydrogen-bond donors (Lipinski definition) is 1. The summed E-state index contributed by atoms with van der Waals surface area (Å²) in [5.74, 6) is 0.0487. The number of carbonyl (C=O) groups excluding carboxylic acids is 2. The zero-order chi connectivity index (χ0) is 17.2. The van der Waals surface area contributed by atoms with E-state index in [9.17, 15) is 9.59 Å². The van der Waals surface area contributed by atoms with E-state index >= 15 is 0 Å². The molecule has 3 aromatic rings. The summed E-state index contributed by atoms with van der Waals surface area (Å²) in [7, 11) is 0. The van der Waals surface area contributed by atoms with Crippen molar-refractivity contribution < 1.29 is 9.59 Å². The van der Waals surface area contributed by atoms with Gasteiger partial charge in [-0.05, 0) is 30.0 Å². The number of anilines is 1. The number of ketones is 1. The number of benzene rings is 2. The molecule has 1 aliphatic rings. The van der Waals surface area contributed by atoms with Crippen LogP contribution in [0.25, 0.3) is 0 Å². The van der Waals surface area contributed by atoms with Crippen LogP contribution >= 0.6 is 11.3 Å². The Morgan fingerprint density at radius 2 is 1.68 bits per heavy atom. The topological polar surface area (TPSA) is 59.1 Å². The fourth-order valence-corrected chi connectivity index (χ4v) is 4.04. The van der Waals surface area contributed by atoms with Crippen LogP contribution in [-0.2, 0) is 6.42 Å². The smallest absolute Gasteiger partial charge is 0.257 e. The summed E-state index contributed by atoms with van der Waals surface area (Å²) in [6.45, 7) is 0. The summed E-state index contributed by atoms with van der Waals surface area (Å²) in [5, 5.41) is 3.29. The third-order valence-electron chi connectivity index (χ3n) is 4.35. The van der Waals surface area contributed by atoms with E-state index in [0.29, 0.717) is 22.0 Å². The third-order valence-corrected chi connectivity index (χ3v) is 5.40. The average Bonchev–Trinajstić information content (AvgIpc) is 3.06. The van der Waals surface area contributed by atoms with E-state index in [1.54, 1.807) is 12.1 Å². The fraction of sp³-hybridized carbons (Fsp3) is 0.150. The van der Waals surface area contributed by atoms with Gasteiger partial charge in [0.05, 0.1) is 10.6 Å². The maximum absolute atomic E-state index is 12.5. The van der Waals surface area contributed by atoms with Crippen molar-refractivity contribution in [3.05, 3.63) is 82.4 Å². The van der Waals surface area contributed by atoms with Gasteiger partial charge < -0.3 is 0 Å². The van der Waals surface area contributed by atoms with Crippen molar-refractivity contribution in [1.29, 1.82) is 0 Å². The van der Waals surface area contributed by atoms with E-state index in [4.69, 9.17) is 0 Å². The number of hydrogen-bond acceptors (Lipinski definition) is 4. The van der Waals surface area contributed by atoms with Crippen LogP contribution in [0.4, 0.5) is 5.13 Å². The van der Waals surface area contributed by atoms with Gasteiger partial charge in [0.25, 0.3) is 5.91 Å². The summed E-state index contributed by atoms with van der Waals surface area (Å²) in [5.41, 5.74) is 2.52. The lowest BCUT2D eigenvalue weighted by atomic mass is 9.85. The number of Topliss-reactive ketones (excluding diaryl/α,β-unsaturated/α-hetero) is 1. The molecule has 0 radical (unpaired) electrons. The molecule has 1 heterocycles. The first-order chi connectivity index (χ1) is 12.2. The molecule has 1 aromatic heterocycles.